The van der Waals surface area contributed by atoms with Crippen LogP contribution in [0.3, 0.4) is 0 Å². The first-order valence-corrected chi connectivity index (χ1v) is 17.5. The highest BCUT2D eigenvalue weighted by Crippen LogP contribution is 2.67. The minimum atomic E-state index is -0.0298. The summed E-state index contributed by atoms with van der Waals surface area (Å²) in [4.78, 5) is 0. The van der Waals surface area contributed by atoms with Gasteiger partial charge in [0.05, 0.1) is 11.2 Å². The first-order valence-electron chi connectivity index (χ1n) is 17.5. The van der Waals surface area contributed by atoms with Crippen LogP contribution in [0.4, 0.5) is 0 Å². The van der Waals surface area contributed by atoms with Crippen molar-refractivity contribution in [2.45, 2.75) is 128 Å². The Kier molecular flexibility index (Phi) is 5.56. The molecule has 9 aliphatic rings. The third-order valence-electron chi connectivity index (χ3n) is 14.7. The molecule has 40 heavy (non-hydrogen) atoms. The lowest BCUT2D eigenvalue weighted by atomic mass is 9.47. The van der Waals surface area contributed by atoms with E-state index in [-0.39, 0.29) is 18.3 Å². The number of hydrogen-bond donors (Lipinski definition) is 0. The first-order chi connectivity index (χ1) is 19.4. The molecule has 3 heteroatoms. The molecule has 214 valence electrons. The Bertz CT molecular complexity index is 1220. The summed E-state index contributed by atoms with van der Waals surface area (Å²) < 4.78 is 13.3. The quantitative estimate of drug-likeness (QED) is 0.258. The van der Waals surface area contributed by atoms with E-state index in [1.165, 1.54) is 77.0 Å². The first kappa shape index (κ1) is 25.4. The van der Waals surface area contributed by atoms with Gasteiger partial charge < -0.3 is 9.31 Å². The van der Waals surface area contributed by atoms with Gasteiger partial charge in [0.1, 0.15) is 0 Å². The summed E-state index contributed by atoms with van der Waals surface area (Å²) in [5.74, 6) is 8.12. The van der Waals surface area contributed by atoms with Gasteiger partial charge in [-0.15, -0.1) is 0 Å². The van der Waals surface area contributed by atoms with Crippen LogP contribution in [0.2, 0.25) is 5.82 Å². The Labute approximate surface area is 243 Å². The summed E-state index contributed by atoms with van der Waals surface area (Å²) in [5.41, 5.74) is 9.39. The summed E-state index contributed by atoms with van der Waals surface area (Å²) in [6, 6.07) is 0. The van der Waals surface area contributed by atoms with Crippen molar-refractivity contribution in [3.63, 3.8) is 0 Å². The van der Waals surface area contributed by atoms with E-state index in [1.807, 2.05) is 22.3 Å². The lowest BCUT2D eigenvalue weighted by molar-refractivity contribution is 0.0224. The van der Waals surface area contributed by atoms with E-state index in [0.717, 1.165) is 59.7 Å². The largest absolute Gasteiger partial charge is 0.461 e. The van der Waals surface area contributed by atoms with Crippen LogP contribution in [0.5, 0.6) is 0 Å². The van der Waals surface area contributed by atoms with Crippen molar-refractivity contribution in [3.8, 4) is 0 Å². The molecule has 12 unspecified atom stereocenters. The summed E-state index contributed by atoms with van der Waals surface area (Å²) in [5, 5.41) is 0. The normalized spacial score (nSPS) is 52.5. The third kappa shape index (κ3) is 3.43. The fourth-order valence-corrected chi connectivity index (χ4v) is 12.6. The number of allylic oxidation sites excluding steroid dienone is 8. The molecule has 3 fully saturated rings. The predicted octanol–water partition coefficient (Wildman–Crippen LogP) is 9.25. The minimum Gasteiger partial charge on any atom is -0.403 e. The number of hydrogen-bond acceptors (Lipinski definition) is 2. The van der Waals surface area contributed by atoms with Crippen molar-refractivity contribution < 1.29 is 9.31 Å². The second-order valence-corrected chi connectivity index (χ2v) is 16.5. The summed E-state index contributed by atoms with van der Waals surface area (Å²) in [7, 11) is 0.0151. The molecule has 2 nitrogen and oxygen atoms in total. The van der Waals surface area contributed by atoms with E-state index in [0.29, 0.717) is 5.82 Å². The molecule has 0 aromatic heterocycles. The molecule has 12 atom stereocenters. The van der Waals surface area contributed by atoms with Gasteiger partial charge >= 0.3 is 7.12 Å². The highest BCUT2D eigenvalue weighted by atomic mass is 16.7. The molecule has 1 aliphatic heterocycles. The van der Waals surface area contributed by atoms with E-state index in [9.17, 15) is 0 Å². The summed E-state index contributed by atoms with van der Waals surface area (Å²) in [6.07, 6.45) is 25.5. The molecule has 8 aliphatic carbocycles. The number of rotatable bonds is 2. The van der Waals surface area contributed by atoms with Crippen molar-refractivity contribution in [3.05, 3.63) is 46.1 Å². The van der Waals surface area contributed by atoms with E-state index in [4.69, 9.17) is 9.31 Å². The van der Waals surface area contributed by atoms with Gasteiger partial charge in [0.15, 0.2) is 0 Å². The van der Waals surface area contributed by atoms with E-state index in [1.54, 1.807) is 5.57 Å². The molecular formula is C37H51BO2. The molecule has 0 amide bonds. The second kappa shape index (κ2) is 8.75. The van der Waals surface area contributed by atoms with Gasteiger partial charge in [0, 0.05) is 12.3 Å². The van der Waals surface area contributed by atoms with Gasteiger partial charge in [0.2, 0.25) is 0 Å². The van der Waals surface area contributed by atoms with Gasteiger partial charge in [-0.25, -0.2) is 0 Å². The Morgan fingerprint density at radius 3 is 2.42 bits per heavy atom. The van der Waals surface area contributed by atoms with Gasteiger partial charge in [-0.05, 0) is 151 Å². The van der Waals surface area contributed by atoms with Crippen LogP contribution in [-0.4, -0.2) is 18.3 Å². The summed E-state index contributed by atoms with van der Waals surface area (Å²) in [6.45, 7) is 9.63. The average molecular weight is 539 g/mol. The van der Waals surface area contributed by atoms with Crippen LogP contribution in [0.1, 0.15) is 111 Å². The highest BCUT2D eigenvalue weighted by Gasteiger charge is 2.72. The van der Waals surface area contributed by atoms with E-state index < -0.39 is 0 Å². The third-order valence-corrected chi connectivity index (χ3v) is 14.7. The lowest BCUT2D eigenvalue weighted by Crippen LogP contribution is -2.48. The van der Waals surface area contributed by atoms with E-state index in [2.05, 4.69) is 45.9 Å². The minimum absolute atomic E-state index is 0.0151. The molecule has 0 radical (unpaired) electrons. The Morgan fingerprint density at radius 2 is 1.62 bits per heavy atom. The summed E-state index contributed by atoms with van der Waals surface area (Å²) >= 11 is 0. The van der Waals surface area contributed by atoms with Crippen molar-refractivity contribution in [2.24, 2.45) is 53.3 Å². The highest BCUT2D eigenvalue weighted by molar-refractivity contribution is 6.48. The van der Waals surface area contributed by atoms with E-state index >= 15 is 0 Å². The smallest absolute Gasteiger partial charge is 0.403 e. The maximum Gasteiger partial charge on any atom is 0.461 e. The van der Waals surface area contributed by atoms with Crippen LogP contribution in [0, 0.1) is 53.3 Å². The Balaban J connectivity index is 1.10. The molecule has 0 bridgehead atoms. The van der Waals surface area contributed by atoms with Crippen LogP contribution in [-0.2, 0) is 9.31 Å². The van der Waals surface area contributed by atoms with Crippen molar-refractivity contribution in [1.82, 2.24) is 0 Å². The van der Waals surface area contributed by atoms with Gasteiger partial charge in [0.25, 0.3) is 0 Å². The Hall–Kier alpha value is -1.06. The van der Waals surface area contributed by atoms with Crippen LogP contribution in [0.15, 0.2) is 46.1 Å². The Morgan fingerprint density at radius 1 is 0.850 bits per heavy atom. The van der Waals surface area contributed by atoms with Gasteiger partial charge in [-0.3, -0.25) is 0 Å². The molecule has 1 heterocycles. The molecule has 0 aromatic carbocycles. The van der Waals surface area contributed by atoms with Gasteiger partial charge in [-0.1, -0.05) is 53.0 Å². The van der Waals surface area contributed by atoms with Crippen LogP contribution >= 0.6 is 0 Å². The lowest BCUT2D eigenvalue weighted by Gasteiger charge is -2.56. The molecule has 9 rings (SSSR count). The maximum atomic E-state index is 6.67. The zero-order chi connectivity index (χ0) is 27.0. The standard InChI is InChI=1S/C37H51BO2/c1-21-9-7-10-22(2)34(21)33-19-31-28-14-8-13-27-24-11-5-6-12-25(24)32(35(27)28)18-30(31)26-16-15-23(17-29(26)33)38-39-36(3)20-37(36,4)40-38/h8-9,13,22-23,27-28,30-35H,5-7,10-12,14-20H2,1-4H3. The predicted molar refractivity (Wildman–Crippen MR) is 163 cm³/mol. The van der Waals surface area contributed by atoms with Crippen molar-refractivity contribution >= 4 is 7.12 Å². The second-order valence-electron chi connectivity index (χ2n) is 16.5. The van der Waals surface area contributed by atoms with Crippen LogP contribution in [0.25, 0.3) is 0 Å². The maximum absolute atomic E-state index is 6.67. The molecule has 2 saturated carbocycles. The molecule has 0 aromatic rings. The zero-order valence-corrected chi connectivity index (χ0v) is 25.6. The SMILES string of the molecule is CC1=CCCC(C)C1C1CC2C(CC3C4=C(CCCC4)C4C=CCC2C43)C2=C1CC(B1OC3(C)CC3(C)O1)CC2. The zero-order valence-electron chi connectivity index (χ0n) is 25.6. The monoisotopic (exact) mass is 538 g/mol. The van der Waals surface area contributed by atoms with Crippen molar-refractivity contribution in [2.75, 3.05) is 0 Å². The van der Waals surface area contributed by atoms with Crippen LogP contribution < -0.4 is 0 Å². The van der Waals surface area contributed by atoms with Crippen molar-refractivity contribution in [1.29, 1.82) is 0 Å². The fourth-order valence-electron chi connectivity index (χ4n) is 12.6. The number of fused-ring (bicyclic) bond motifs is 6. The molecule has 1 saturated heterocycles. The van der Waals surface area contributed by atoms with Gasteiger partial charge in [-0.2, -0.15) is 0 Å². The molecule has 0 N–H and O–H groups in total. The molecule has 0 spiro atoms. The fraction of sp³-hybridized carbons (Fsp3) is 0.784. The average Bonchev–Trinajstić information content (AvgIpc) is 3.19. The topological polar surface area (TPSA) is 18.5 Å². The molecular weight excluding hydrogens is 487 g/mol.